The lowest BCUT2D eigenvalue weighted by Crippen LogP contribution is -2.67. The van der Waals surface area contributed by atoms with Gasteiger partial charge in [0.05, 0.1) is 24.2 Å². The summed E-state index contributed by atoms with van der Waals surface area (Å²) in [6.07, 6.45) is -16.2. The molecular weight excluding hydrogens is 795 g/mol. The molecule has 5 heterocycles. The maximum Gasteiger partial charge on any atom is 0.410 e. The summed E-state index contributed by atoms with van der Waals surface area (Å²) < 4.78 is 69.4. The van der Waals surface area contributed by atoms with Crippen LogP contribution >= 0.6 is 0 Å². The van der Waals surface area contributed by atoms with Gasteiger partial charge in [-0.3, -0.25) is 4.90 Å². The van der Waals surface area contributed by atoms with E-state index in [1.54, 1.807) is 55.5 Å². The summed E-state index contributed by atoms with van der Waals surface area (Å²) in [6, 6.07) is 14.1. The molecule has 2 aromatic rings. The van der Waals surface area contributed by atoms with Gasteiger partial charge in [-0.1, -0.05) is 67.6 Å². The number of hydrogen-bond acceptors (Lipinski definition) is 15. The summed E-state index contributed by atoms with van der Waals surface area (Å²) in [5, 5.41) is 29.9. The fourth-order valence-electron chi connectivity index (χ4n) is 8.57. The van der Waals surface area contributed by atoms with Crippen LogP contribution in [-0.4, -0.2) is 145 Å². The number of amides is 4. The van der Waals surface area contributed by atoms with Gasteiger partial charge in [-0.15, -0.1) is 0 Å². The smallest absolute Gasteiger partial charge is 0.410 e. The molecule has 9 unspecified atom stereocenters. The summed E-state index contributed by atoms with van der Waals surface area (Å²) in [4.78, 5) is 52.0. The molecule has 4 amide bonds. The number of rotatable bonds is 10. The van der Waals surface area contributed by atoms with Crippen LogP contribution in [0, 0.1) is 5.92 Å². The number of halogens is 1. The van der Waals surface area contributed by atoms with Crippen molar-refractivity contribution in [3.8, 4) is 0 Å². The van der Waals surface area contributed by atoms with Crippen molar-refractivity contribution in [1.82, 2.24) is 20.9 Å². The van der Waals surface area contributed by atoms with Gasteiger partial charge < -0.3 is 68.8 Å². The van der Waals surface area contributed by atoms with Crippen LogP contribution in [0.25, 0.3) is 0 Å². The van der Waals surface area contributed by atoms with Crippen molar-refractivity contribution in [2.24, 2.45) is 5.92 Å². The first kappa shape index (κ1) is 41.9. The van der Waals surface area contributed by atoms with E-state index < -0.39 is 122 Å². The lowest BCUT2D eigenvalue weighted by atomic mass is 9.84. The maximum absolute atomic E-state index is 16.5. The van der Waals surface area contributed by atoms with E-state index in [1.165, 1.54) is 11.9 Å². The number of ether oxygens (including phenoxy) is 9. The largest absolute Gasteiger partial charge is 0.447 e. The Morgan fingerprint density at radius 1 is 0.817 bits per heavy atom. The van der Waals surface area contributed by atoms with Crippen LogP contribution in [0.3, 0.4) is 0 Å². The van der Waals surface area contributed by atoms with Gasteiger partial charge in [-0.05, 0) is 24.0 Å². The normalized spacial score (nSPS) is 38.5. The lowest BCUT2D eigenvalue weighted by molar-refractivity contribution is -0.370. The Labute approximate surface area is 344 Å². The van der Waals surface area contributed by atoms with Crippen LogP contribution < -0.4 is 16.0 Å². The highest BCUT2D eigenvalue weighted by Gasteiger charge is 2.60. The Hall–Kier alpha value is -4.83. The van der Waals surface area contributed by atoms with Crippen LogP contribution in [0.15, 0.2) is 60.7 Å². The molecule has 1 aliphatic carbocycles. The average Bonchev–Trinajstić information content (AvgIpc) is 3.54. The van der Waals surface area contributed by atoms with E-state index in [4.69, 9.17) is 42.6 Å². The van der Waals surface area contributed by atoms with Gasteiger partial charge >= 0.3 is 24.4 Å². The zero-order chi connectivity index (χ0) is 42.1. The minimum Gasteiger partial charge on any atom is -0.447 e. The van der Waals surface area contributed by atoms with Gasteiger partial charge in [0.2, 0.25) is 0 Å². The minimum absolute atomic E-state index is 0.0406. The number of nitrogens with one attached hydrogen (secondary N) is 3. The molecule has 5 N–H and O–H groups in total. The van der Waals surface area contributed by atoms with Crippen LogP contribution in [0.4, 0.5) is 23.6 Å². The van der Waals surface area contributed by atoms with Crippen molar-refractivity contribution in [3.05, 3.63) is 71.8 Å². The third kappa shape index (κ3) is 9.09. The number of benzene rings is 2. The maximum atomic E-state index is 16.5. The van der Waals surface area contributed by atoms with E-state index in [2.05, 4.69) is 16.0 Å². The van der Waals surface area contributed by atoms with E-state index in [0.29, 0.717) is 5.56 Å². The van der Waals surface area contributed by atoms with Crippen LogP contribution in [0.5, 0.6) is 0 Å². The number of likely N-dealkylation sites (N-methyl/N-ethyl adjacent to an activating group) is 1. The number of aliphatic hydroxyl groups is 2. The van der Waals surface area contributed by atoms with E-state index >= 15 is 4.39 Å². The fourth-order valence-corrected chi connectivity index (χ4v) is 8.57. The van der Waals surface area contributed by atoms with Crippen molar-refractivity contribution in [2.75, 3.05) is 13.7 Å². The number of aliphatic hydroxyl groups excluding tert-OH is 2. The summed E-state index contributed by atoms with van der Waals surface area (Å²) in [5.74, 6) is -0.489. The van der Waals surface area contributed by atoms with Gasteiger partial charge in [0.25, 0.3) is 0 Å². The zero-order valence-corrected chi connectivity index (χ0v) is 32.8. The van der Waals surface area contributed by atoms with Crippen molar-refractivity contribution < 1.29 is 76.4 Å². The minimum atomic E-state index is -2.15. The number of fused-ring (bicyclic) bond motifs is 4. The first-order valence-corrected chi connectivity index (χ1v) is 20.0. The van der Waals surface area contributed by atoms with Crippen LogP contribution in [0.2, 0.25) is 0 Å². The second-order valence-corrected chi connectivity index (χ2v) is 15.9. The summed E-state index contributed by atoms with van der Waals surface area (Å²) in [7, 11) is 1.50. The van der Waals surface area contributed by atoms with E-state index in [-0.39, 0.29) is 39.1 Å². The zero-order valence-electron chi connectivity index (χ0n) is 32.8. The van der Waals surface area contributed by atoms with Gasteiger partial charge in [0, 0.05) is 19.4 Å². The molecule has 326 valence electrons. The first-order chi connectivity index (χ1) is 28.9. The quantitative estimate of drug-likeness (QED) is 0.215. The molecule has 5 saturated heterocycles. The molecule has 8 rings (SSSR count). The molecule has 0 spiro atoms. The van der Waals surface area contributed by atoms with Crippen LogP contribution in [0.1, 0.15) is 37.3 Å². The molecule has 1 saturated carbocycles. The van der Waals surface area contributed by atoms with Gasteiger partial charge in [0.15, 0.2) is 31.1 Å². The molecule has 6 aliphatic rings. The number of carbonyl (C=O) groups excluding carboxylic acids is 4. The Balaban J connectivity index is 0.952. The van der Waals surface area contributed by atoms with Crippen molar-refractivity contribution >= 4 is 24.4 Å². The monoisotopic (exact) mass is 844 g/mol. The Bertz CT molecular complexity index is 1840. The molecule has 60 heavy (non-hydrogen) atoms. The predicted molar refractivity (Wildman–Crippen MR) is 199 cm³/mol. The third-order valence-electron chi connectivity index (χ3n) is 11.7. The Kier molecular flexibility index (Phi) is 12.6. The van der Waals surface area contributed by atoms with Gasteiger partial charge in [-0.25, -0.2) is 23.6 Å². The van der Waals surface area contributed by atoms with Gasteiger partial charge in [0.1, 0.15) is 56.4 Å². The average molecular weight is 845 g/mol. The van der Waals surface area contributed by atoms with Crippen molar-refractivity contribution in [1.29, 1.82) is 0 Å². The molecule has 19 nitrogen and oxygen atoms in total. The highest BCUT2D eigenvalue weighted by molar-refractivity contribution is 5.71. The molecule has 5 aliphatic heterocycles. The molecule has 6 fully saturated rings. The molecule has 0 radical (unpaired) electrons. The number of alkyl halides is 1. The number of alkyl carbamates (subject to hydrolysis) is 3. The number of nitrogens with zero attached hydrogens (tertiary/aromatic N) is 1. The topological polar surface area (TPSA) is 231 Å². The fraction of sp³-hybridized carbons (Fsp3) is 0.600. The standard InChI is InChI=1S/C40H49FN4O15/c1-19-13-26-32(33-29(45(2)40(51)59-33)36(55-26)60-35-25(46)15-22-27(56-35)18-54-37(48)42-22)58-34(19)57-31-24(44-39(50)53-17-21-11-7-4-8-12-21)14-23(30(47)28(31)41)43-38(49)52-16-20-9-5-3-6-10-20/h3-12,19,22-36,46-47H,13-18H2,1-2H3,(H,42,48)(H,43,49)(H,44,50)/t19?,22-,23+,24?,25?,26-,27?,28+,29?,30?,31+,32?,33?,34-,35+,36?/m0/s1. The predicted octanol–water partition coefficient (Wildman–Crippen LogP) is 1.96. The molecular formula is C40H49FN4O15. The van der Waals surface area contributed by atoms with Crippen LogP contribution in [-0.2, 0) is 55.8 Å². The number of carbonyl (C=O) groups is 4. The number of cyclic esters (lactones) is 1. The molecule has 0 aromatic heterocycles. The van der Waals surface area contributed by atoms with Crippen molar-refractivity contribution in [3.63, 3.8) is 0 Å². The van der Waals surface area contributed by atoms with E-state index in [9.17, 15) is 29.4 Å². The Morgan fingerprint density at radius 2 is 1.45 bits per heavy atom. The summed E-state index contributed by atoms with van der Waals surface area (Å²) >= 11 is 0. The third-order valence-corrected chi connectivity index (χ3v) is 11.7. The van der Waals surface area contributed by atoms with Gasteiger partial charge in [-0.2, -0.15) is 0 Å². The number of hydrogen-bond donors (Lipinski definition) is 5. The molecule has 16 atom stereocenters. The molecule has 20 heteroatoms. The highest BCUT2D eigenvalue weighted by atomic mass is 19.1. The summed E-state index contributed by atoms with van der Waals surface area (Å²) in [5.41, 5.74) is 1.43. The second kappa shape index (κ2) is 18.0. The molecule has 2 aromatic carbocycles. The second-order valence-electron chi connectivity index (χ2n) is 15.9. The van der Waals surface area contributed by atoms with E-state index in [1.807, 2.05) is 12.1 Å². The first-order valence-electron chi connectivity index (χ1n) is 20.0. The van der Waals surface area contributed by atoms with E-state index in [0.717, 1.165) is 5.56 Å². The highest BCUT2D eigenvalue weighted by Crippen LogP contribution is 2.42. The Morgan fingerprint density at radius 3 is 2.12 bits per heavy atom. The lowest BCUT2D eigenvalue weighted by Gasteiger charge is -2.51. The SMILES string of the molecule is CC1C[C@@H]2OC(O[C@H]3OC4COC(=O)N[C@H]4CC3O)C3C(OC(=O)N3C)C2O[C@@H]1O[C@@H]1C(NC(=O)OCc2ccccc2)C[C@@H](NC(=O)OCc2ccccc2)C(O)[C@H]1F. The van der Waals surface area contributed by atoms with Crippen molar-refractivity contribution in [2.45, 2.75) is 131 Å². The molecule has 0 bridgehead atoms. The summed E-state index contributed by atoms with van der Waals surface area (Å²) in [6.45, 7) is 1.59.